The van der Waals surface area contributed by atoms with E-state index in [-0.39, 0.29) is 46.4 Å². The van der Waals surface area contributed by atoms with Gasteiger partial charge >= 0.3 is 0 Å². The summed E-state index contributed by atoms with van der Waals surface area (Å²) in [6, 6.07) is 1.82. The van der Waals surface area contributed by atoms with E-state index in [4.69, 9.17) is 33.2 Å². The molecule has 2 bridgehead atoms. The number of hydrogen-bond donors (Lipinski definition) is 5. The van der Waals surface area contributed by atoms with Crippen LogP contribution in [-0.4, -0.2) is 138 Å². The van der Waals surface area contributed by atoms with Crippen LogP contribution >= 0.6 is 0 Å². The van der Waals surface area contributed by atoms with Crippen LogP contribution in [0.5, 0.6) is 17.2 Å². The summed E-state index contributed by atoms with van der Waals surface area (Å²) < 4.78 is 42.2. The van der Waals surface area contributed by atoms with Gasteiger partial charge in [-0.05, 0) is 59.5 Å². The number of fused-ring (bicyclic) bond motifs is 8. The van der Waals surface area contributed by atoms with Gasteiger partial charge in [-0.25, -0.2) is 0 Å². The number of methoxy groups -OCH3 is 3. The van der Waals surface area contributed by atoms with Crippen molar-refractivity contribution in [3.8, 4) is 17.2 Å². The third-order valence-electron chi connectivity index (χ3n) is 11.8. The van der Waals surface area contributed by atoms with Crippen molar-refractivity contribution in [1.82, 2.24) is 4.90 Å². The molecule has 15 heteroatoms. The third-order valence-corrected chi connectivity index (χ3v) is 11.8. The third kappa shape index (κ3) is 5.09. The van der Waals surface area contributed by atoms with E-state index in [0.29, 0.717) is 5.56 Å². The molecule has 2 fully saturated rings. The molecule has 284 valence electrons. The first-order chi connectivity index (χ1) is 24.3. The second-order valence-corrected chi connectivity index (χ2v) is 15.4. The van der Waals surface area contributed by atoms with E-state index < -0.39 is 101 Å². The molecule has 2 aliphatic carbocycles. The zero-order valence-corrected chi connectivity index (χ0v) is 30.6. The highest BCUT2D eigenvalue weighted by Gasteiger charge is 2.60. The lowest BCUT2D eigenvalue weighted by molar-refractivity contribution is -0.345. The van der Waals surface area contributed by atoms with E-state index in [1.807, 2.05) is 6.92 Å². The molecule has 0 saturated carbocycles. The molecule has 7 rings (SSSR count). The number of carbonyl (C=O) groups is 2. The zero-order chi connectivity index (χ0) is 38.0. The van der Waals surface area contributed by atoms with Crippen molar-refractivity contribution in [2.24, 2.45) is 0 Å². The smallest absolute Gasteiger partial charge is 0.228 e. The lowest BCUT2D eigenvalue weighted by Gasteiger charge is -2.53. The first-order valence-electron chi connectivity index (χ1n) is 17.2. The number of hydrogen-bond acceptors (Lipinski definition) is 15. The van der Waals surface area contributed by atoms with Crippen molar-refractivity contribution in [3.05, 3.63) is 51.1 Å². The monoisotopic (exact) mass is 729 g/mol. The van der Waals surface area contributed by atoms with Gasteiger partial charge in [-0.3, -0.25) is 9.59 Å². The van der Waals surface area contributed by atoms with E-state index >= 15 is 0 Å². The van der Waals surface area contributed by atoms with Crippen LogP contribution in [0.25, 0.3) is 0 Å². The number of likely N-dealkylation sites (N-methyl/N-ethyl adjacent to an activating group) is 1. The number of aliphatic hydroxyl groups is 3. The Bertz CT molecular complexity index is 1830. The number of rotatable bonds is 6. The van der Waals surface area contributed by atoms with Gasteiger partial charge in [0.1, 0.15) is 52.9 Å². The van der Waals surface area contributed by atoms with E-state index in [2.05, 4.69) is 0 Å². The summed E-state index contributed by atoms with van der Waals surface area (Å²) >= 11 is 0. The number of nitrogens with zero attached hydrogens (tertiary/aromatic N) is 1. The van der Waals surface area contributed by atoms with Gasteiger partial charge in [0.2, 0.25) is 12.1 Å². The van der Waals surface area contributed by atoms with Crippen molar-refractivity contribution in [2.45, 2.75) is 113 Å². The average molecular weight is 730 g/mol. The van der Waals surface area contributed by atoms with Crippen LogP contribution in [0.4, 0.5) is 0 Å². The lowest BCUT2D eigenvalue weighted by Crippen LogP contribution is -2.68. The topological polar surface area (TPSA) is 203 Å². The minimum Gasteiger partial charge on any atom is -0.507 e. The quantitative estimate of drug-likeness (QED) is 0.244. The molecule has 3 heterocycles. The minimum atomic E-state index is -1.55. The van der Waals surface area contributed by atoms with Crippen LogP contribution < -0.4 is 4.74 Å². The van der Waals surface area contributed by atoms with Gasteiger partial charge in [-0.2, -0.15) is 0 Å². The van der Waals surface area contributed by atoms with E-state index in [1.165, 1.54) is 33.5 Å². The molecule has 2 aromatic rings. The number of aromatic hydroxyl groups is 2. The fourth-order valence-corrected chi connectivity index (χ4v) is 9.20. The Morgan fingerprint density at radius 2 is 1.62 bits per heavy atom. The van der Waals surface area contributed by atoms with E-state index in [0.717, 1.165) is 0 Å². The number of benzene rings is 2. The Morgan fingerprint density at radius 1 is 0.942 bits per heavy atom. The first kappa shape index (κ1) is 37.1. The Labute approximate surface area is 300 Å². The molecule has 0 aromatic heterocycles. The van der Waals surface area contributed by atoms with Gasteiger partial charge in [0.05, 0.1) is 40.5 Å². The van der Waals surface area contributed by atoms with Crippen LogP contribution in [-0.2, 0) is 40.4 Å². The summed E-state index contributed by atoms with van der Waals surface area (Å²) in [5, 5.41) is 57.4. The van der Waals surface area contributed by atoms with E-state index in [1.54, 1.807) is 39.8 Å². The van der Waals surface area contributed by atoms with Crippen molar-refractivity contribution in [2.75, 3.05) is 35.4 Å². The van der Waals surface area contributed by atoms with Crippen LogP contribution in [0.1, 0.15) is 88.8 Å². The standard InChI is InChI=1S/C37H47NO14/c1-14-31(46-7)37(4,48-9)32(47-8)34(49-14)50-19-13-35(2,45)12-15-10-16-21(26(41)20(15)19)27(42)22-18(39)11-17-29(23(22)25(16)40)51-33-28(43)24(38(5)6)30(44)36(17,3)52-33/h10-11,14,19,24,28,30-34,39,41,43-45H,12-13H2,1-9H3/t14-,19+,24-,28?,30?,31-,32-,33-,34+,35-,36-,37-/m1/s1. The zero-order valence-electron chi connectivity index (χ0n) is 30.6. The van der Waals surface area contributed by atoms with Gasteiger partial charge in [0.25, 0.3) is 0 Å². The number of ether oxygens (including phenoxy) is 7. The number of carbonyl (C=O) groups excluding carboxylic acids is 2. The average Bonchev–Trinajstić information content (AvgIpc) is 3.05. The molecule has 2 aromatic carbocycles. The number of ketones is 2. The molecular weight excluding hydrogens is 682 g/mol. The predicted octanol–water partition coefficient (Wildman–Crippen LogP) is 1.42. The molecule has 0 spiro atoms. The van der Waals surface area contributed by atoms with E-state index in [9.17, 15) is 35.1 Å². The maximum atomic E-state index is 14.5. The maximum Gasteiger partial charge on any atom is 0.228 e. The van der Waals surface area contributed by atoms with Crippen molar-refractivity contribution in [3.63, 3.8) is 0 Å². The fourth-order valence-electron chi connectivity index (χ4n) is 9.20. The van der Waals surface area contributed by atoms with Gasteiger partial charge in [0.15, 0.2) is 12.1 Å². The first-order valence-corrected chi connectivity index (χ1v) is 17.2. The van der Waals surface area contributed by atoms with Crippen LogP contribution in [0.15, 0.2) is 12.1 Å². The maximum absolute atomic E-state index is 14.5. The Hall–Kier alpha value is -3.22. The molecule has 2 saturated heterocycles. The molecule has 5 N–H and O–H groups in total. The highest BCUT2D eigenvalue weighted by atomic mass is 16.7. The second-order valence-electron chi connectivity index (χ2n) is 15.4. The summed E-state index contributed by atoms with van der Waals surface area (Å²) in [6.45, 7) is 6.76. The molecule has 15 nitrogen and oxygen atoms in total. The molecule has 5 aliphatic rings. The summed E-state index contributed by atoms with van der Waals surface area (Å²) in [5.74, 6) is -2.85. The largest absolute Gasteiger partial charge is 0.507 e. The molecule has 52 heavy (non-hydrogen) atoms. The van der Waals surface area contributed by atoms with Crippen LogP contribution in [0.3, 0.4) is 0 Å². The Morgan fingerprint density at radius 3 is 2.23 bits per heavy atom. The number of aliphatic hydroxyl groups excluding tert-OH is 2. The summed E-state index contributed by atoms with van der Waals surface area (Å²) in [4.78, 5) is 30.6. The Balaban J connectivity index is 1.34. The highest BCUT2D eigenvalue weighted by molar-refractivity contribution is 6.31. The molecule has 3 aliphatic heterocycles. The van der Waals surface area contributed by atoms with Gasteiger partial charge < -0.3 is 63.6 Å². The Kier molecular flexibility index (Phi) is 8.86. The van der Waals surface area contributed by atoms with Crippen molar-refractivity contribution in [1.29, 1.82) is 0 Å². The second kappa shape index (κ2) is 12.4. The van der Waals surface area contributed by atoms with Crippen LogP contribution in [0.2, 0.25) is 0 Å². The number of phenolic OH excluding ortho intramolecular Hbond substituents is 2. The number of phenols is 2. The summed E-state index contributed by atoms with van der Waals surface area (Å²) in [6.07, 6.45) is -8.03. The highest BCUT2D eigenvalue weighted by Crippen LogP contribution is 2.55. The summed E-state index contributed by atoms with van der Waals surface area (Å²) in [5.41, 5.74) is -4.54. The predicted molar refractivity (Wildman–Crippen MR) is 180 cm³/mol. The van der Waals surface area contributed by atoms with Gasteiger partial charge in [0, 0.05) is 50.9 Å². The van der Waals surface area contributed by atoms with Crippen molar-refractivity contribution < 1.29 is 68.3 Å². The minimum absolute atomic E-state index is 0.00146. The fraction of sp³-hybridized carbons (Fsp3) is 0.622. The van der Waals surface area contributed by atoms with Crippen LogP contribution in [0, 0.1) is 0 Å². The molecule has 12 atom stereocenters. The van der Waals surface area contributed by atoms with Gasteiger partial charge in [-0.15, -0.1) is 0 Å². The molecule has 2 unspecified atom stereocenters. The van der Waals surface area contributed by atoms with Crippen molar-refractivity contribution >= 4 is 11.6 Å². The molecular formula is C37H47NO14. The van der Waals surface area contributed by atoms with Gasteiger partial charge in [-0.1, -0.05) is 0 Å². The SMILES string of the molecule is CO[C@@H]1[C@H](O[C@H]2C[C@](C)(O)Cc3cc4c(c(O)c32)C(=O)c2c(O)cc3c(c2C4=O)O[C@@H]2O[C@@]3(C)C(O)[C@H](N(C)C)C2O)O[C@H](C)[C@@H](OC)[C@@]1(C)OC. The molecule has 0 radical (unpaired) electrons. The lowest BCUT2D eigenvalue weighted by atomic mass is 9.72. The summed E-state index contributed by atoms with van der Waals surface area (Å²) in [7, 11) is 7.89. The normalized spacial score (nSPS) is 39.4. The molecule has 0 amide bonds.